The molecule has 0 aliphatic carbocycles. The summed E-state index contributed by atoms with van der Waals surface area (Å²) in [6.45, 7) is 2.65. The van der Waals surface area contributed by atoms with Gasteiger partial charge in [-0.15, -0.1) is 0 Å². The third kappa shape index (κ3) is 5.32. The molecular weight excluding hydrogens is 305 g/mol. The van der Waals surface area contributed by atoms with Crippen LogP contribution >= 0.6 is 0 Å². The molecular formula is C17H17F3N2O. The monoisotopic (exact) mass is 322 g/mol. The van der Waals surface area contributed by atoms with Gasteiger partial charge in [0.25, 0.3) is 0 Å². The molecule has 0 aliphatic heterocycles. The SMILES string of the molecule is CCCOc1cccc(C=NNc2cccc(C(F)(F)F)c2)c1. The van der Waals surface area contributed by atoms with Gasteiger partial charge >= 0.3 is 6.18 Å². The van der Waals surface area contributed by atoms with Gasteiger partial charge in [0.15, 0.2) is 0 Å². The fourth-order valence-electron chi connectivity index (χ4n) is 1.85. The predicted octanol–water partition coefficient (Wildman–Crippen LogP) is 4.94. The fourth-order valence-corrected chi connectivity index (χ4v) is 1.85. The van der Waals surface area contributed by atoms with Gasteiger partial charge in [0, 0.05) is 0 Å². The van der Waals surface area contributed by atoms with Gasteiger partial charge < -0.3 is 4.74 Å². The molecule has 122 valence electrons. The van der Waals surface area contributed by atoms with Gasteiger partial charge in [0.2, 0.25) is 0 Å². The molecule has 2 rings (SSSR count). The van der Waals surface area contributed by atoms with Crippen LogP contribution in [0.2, 0.25) is 0 Å². The second kappa shape index (κ2) is 7.67. The highest BCUT2D eigenvalue weighted by molar-refractivity contribution is 5.80. The zero-order chi connectivity index (χ0) is 16.7. The first kappa shape index (κ1) is 16.9. The van der Waals surface area contributed by atoms with Crippen LogP contribution in [0.1, 0.15) is 24.5 Å². The Kier molecular flexibility index (Phi) is 5.62. The van der Waals surface area contributed by atoms with Gasteiger partial charge in [-0.3, -0.25) is 5.43 Å². The van der Waals surface area contributed by atoms with Crippen molar-refractivity contribution in [1.29, 1.82) is 0 Å². The standard InChI is InChI=1S/C17H17F3N2O/c1-2-9-23-16-8-3-5-13(10-16)12-21-22-15-7-4-6-14(11-15)17(18,19)20/h3-8,10-12,22H,2,9H2,1H3. The molecule has 0 aliphatic rings. The molecule has 0 atom stereocenters. The lowest BCUT2D eigenvalue weighted by Gasteiger charge is -2.08. The maximum atomic E-state index is 12.6. The largest absolute Gasteiger partial charge is 0.494 e. The highest BCUT2D eigenvalue weighted by Gasteiger charge is 2.30. The lowest BCUT2D eigenvalue weighted by atomic mass is 10.2. The summed E-state index contributed by atoms with van der Waals surface area (Å²) in [6, 6.07) is 12.2. The number of rotatable bonds is 6. The highest BCUT2D eigenvalue weighted by Crippen LogP contribution is 2.30. The number of ether oxygens (including phenoxy) is 1. The van der Waals surface area contributed by atoms with E-state index in [2.05, 4.69) is 10.5 Å². The Bertz CT molecular complexity index is 669. The fraction of sp³-hybridized carbons (Fsp3) is 0.235. The van der Waals surface area contributed by atoms with Gasteiger partial charge in [0.05, 0.1) is 24.1 Å². The minimum Gasteiger partial charge on any atom is -0.494 e. The Balaban J connectivity index is 2.02. The van der Waals surface area contributed by atoms with Crippen molar-refractivity contribution in [3.05, 3.63) is 59.7 Å². The molecule has 2 aromatic carbocycles. The van der Waals surface area contributed by atoms with Crippen molar-refractivity contribution < 1.29 is 17.9 Å². The summed E-state index contributed by atoms with van der Waals surface area (Å²) in [5, 5.41) is 3.96. The molecule has 0 spiro atoms. The highest BCUT2D eigenvalue weighted by atomic mass is 19.4. The van der Waals surface area contributed by atoms with Crippen molar-refractivity contribution in [2.24, 2.45) is 5.10 Å². The molecule has 23 heavy (non-hydrogen) atoms. The molecule has 0 unspecified atom stereocenters. The zero-order valence-electron chi connectivity index (χ0n) is 12.6. The minimum absolute atomic E-state index is 0.273. The molecule has 0 radical (unpaired) electrons. The molecule has 6 heteroatoms. The van der Waals surface area contributed by atoms with Gasteiger partial charge in [-0.1, -0.05) is 25.1 Å². The van der Waals surface area contributed by atoms with Crippen molar-refractivity contribution in [2.45, 2.75) is 19.5 Å². The zero-order valence-corrected chi connectivity index (χ0v) is 12.6. The molecule has 0 heterocycles. The molecule has 0 saturated carbocycles. The van der Waals surface area contributed by atoms with E-state index in [9.17, 15) is 13.2 Å². The van der Waals surface area contributed by atoms with Crippen LogP contribution in [-0.2, 0) is 6.18 Å². The van der Waals surface area contributed by atoms with E-state index >= 15 is 0 Å². The van der Waals surface area contributed by atoms with E-state index in [0.29, 0.717) is 6.61 Å². The van der Waals surface area contributed by atoms with Crippen LogP contribution in [-0.4, -0.2) is 12.8 Å². The maximum absolute atomic E-state index is 12.6. The van der Waals surface area contributed by atoms with Crippen LogP contribution < -0.4 is 10.2 Å². The number of alkyl halides is 3. The van der Waals surface area contributed by atoms with Gasteiger partial charge in [-0.2, -0.15) is 18.3 Å². The van der Waals surface area contributed by atoms with Crippen LogP contribution in [0.25, 0.3) is 0 Å². The quantitative estimate of drug-likeness (QED) is 0.603. The topological polar surface area (TPSA) is 33.6 Å². The Hall–Kier alpha value is -2.50. The van der Waals surface area contributed by atoms with Gasteiger partial charge in [0.1, 0.15) is 5.75 Å². The molecule has 0 fully saturated rings. The van der Waals surface area contributed by atoms with E-state index in [1.54, 1.807) is 0 Å². The number of anilines is 1. The molecule has 3 nitrogen and oxygen atoms in total. The summed E-state index contributed by atoms with van der Waals surface area (Å²) in [4.78, 5) is 0. The van der Waals surface area contributed by atoms with Crippen molar-refractivity contribution in [3.63, 3.8) is 0 Å². The van der Waals surface area contributed by atoms with Crippen LogP contribution in [0.4, 0.5) is 18.9 Å². The molecule has 1 N–H and O–H groups in total. The Morgan fingerprint density at radius 1 is 1.13 bits per heavy atom. The molecule has 0 amide bonds. The maximum Gasteiger partial charge on any atom is 0.416 e. The lowest BCUT2D eigenvalue weighted by Crippen LogP contribution is -2.05. The third-order valence-corrected chi connectivity index (χ3v) is 2.93. The van der Waals surface area contributed by atoms with E-state index < -0.39 is 11.7 Å². The summed E-state index contributed by atoms with van der Waals surface area (Å²) in [5.41, 5.74) is 2.94. The predicted molar refractivity (Wildman–Crippen MR) is 84.9 cm³/mol. The van der Waals surface area contributed by atoms with E-state index in [1.165, 1.54) is 18.3 Å². The van der Waals surface area contributed by atoms with Crippen molar-refractivity contribution >= 4 is 11.9 Å². The van der Waals surface area contributed by atoms with Crippen molar-refractivity contribution in [3.8, 4) is 5.75 Å². The Labute approximate surface area is 132 Å². The first-order chi connectivity index (χ1) is 11.0. The molecule has 0 aromatic heterocycles. The smallest absolute Gasteiger partial charge is 0.416 e. The molecule has 0 saturated heterocycles. The Morgan fingerprint density at radius 3 is 2.65 bits per heavy atom. The second-order valence-electron chi connectivity index (χ2n) is 4.87. The number of hydrogen-bond acceptors (Lipinski definition) is 3. The Morgan fingerprint density at radius 2 is 1.91 bits per heavy atom. The molecule has 2 aromatic rings. The van der Waals surface area contributed by atoms with E-state index in [4.69, 9.17) is 4.74 Å². The second-order valence-corrected chi connectivity index (χ2v) is 4.87. The number of hydrazone groups is 1. The van der Waals surface area contributed by atoms with Gasteiger partial charge in [-0.25, -0.2) is 0 Å². The van der Waals surface area contributed by atoms with Crippen LogP contribution in [0.5, 0.6) is 5.75 Å². The number of benzene rings is 2. The van der Waals surface area contributed by atoms with Crippen LogP contribution in [0.3, 0.4) is 0 Å². The average molecular weight is 322 g/mol. The van der Waals surface area contributed by atoms with E-state index in [1.807, 2.05) is 31.2 Å². The first-order valence-electron chi connectivity index (χ1n) is 7.18. The summed E-state index contributed by atoms with van der Waals surface area (Å²) in [7, 11) is 0. The van der Waals surface area contributed by atoms with E-state index in [0.717, 1.165) is 29.9 Å². The van der Waals surface area contributed by atoms with Crippen LogP contribution in [0.15, 0.2) is 53.6 Å². The summed E-state index contributed by atoms with van der Waals surface area (Å²) in [6.07, 6.45) is -1.93. The van der Waals surface area contributed by atoms with Crippen molar-refractivity contribution in [2.75, 3.05) is 12.0 Å². The first-order valence-corrected chi connectivity index (χ1v) is 7.18. The number of halogens is 3. The minimum atomic E-state index is -4.37. The summed E-state index contributed by atoms with van der Waals surface area (Å²) < 4.78 is 43.4. The number of nitrogens with one attached hydrogen (secondary N) is 1. The summed E-state index contributed by atoms with van der Waals surface area (Å²) >= 11 is 0. The normalized spacial score (nSPS) is 11.7. The summed E-state index contributed by atoms with van der Waals surface area (Å²) in [5.74, 6) is 0.731. The van der Waals surface area contributed by atoms with Gasteiger partial charge in [-0.05, 0) is 42.3 Å². The molecule has 0 bridgehead atoms. The van der Waals surface area contributed by atoms with E-state index in [-0.39, 0.29) is 5.69 Å². The van der Waals surface area contributed by atoms with Crippen LogP contribution in [0, 0.1) is 0 Å². The third-order valence-electron chi connectivity index (χ3n) is 2.93. The average Bonchev–Trinajstić information content (AvgIpc) is 2.53. The number of hydrogen-bond donors (Lipinski definition) is 1. The lowest BCUT2D eigenvalue weighted by molar-refractivity contribution is -0.137. The number of nitrogens with zero attached hydrogens (tertiary/aromatic N) is 1. The van der Waals surface area contributed by atoms with Crippen molar-refractivity contribution in [1.82, 2.24) is 0 Å².